The van der Waals surface area contributed by atoms with E-state index in [0.29, 0.717) is 18.9 Å². The van der Waals surface area contributed by atoms with Crippen molar-refractivity contribution < 1.29 is 46.3 Å². The number of aliphatic imine (C=N–C) groups is 1. The predicted octanol–water partition coefficient (Wildman–Crippen LogP) is 2.75. The number of halogens is 10. The number of Topliss-reactive ketones (excluding diaryl/α,β-unsaturated/α-hetero) is 1. The topological polar surface area (TPSA) is 329 Å². The van der Waals surface area contributed by atoms with Crippen LogP contribution in [-0.2, 0) is 20.8 Å². The number of anilines is 2. The van der Waals surface area contributed by atoms with E-state index in [0.717, 1.165) is 47.7 Å². The minimum atomic E-state index is -0.827. The first-order valence-electron chi connectivity index (χ1n) is 13.0. The number of amides is 2. The average molecular weight is 1530 g/mol. The summed E-state index contributed by atoms with van der Waals surface area (Å²) in [6.45, 7) is 0. The number of non-ortho nitro benzene ring substituents is 2. The first-order chi connectivity index (χ1) is 24.8. The van der Waals surface area contributed by atoms with Crippen LogP contribution in [0.3, 0.4) is 0 Å². The number of carbonyl (C=O) groups is 3. The van der Waals surface area contributed by atoms with E-state index in [9.17, 15) is 43.4 Å². The molecule has 0 fully saturated rings. The number of benzene rings is 2. The van der Waals surface area contributed by atoms with Crippen LogP contribution in [0.15, 0.2) is 46.8 Å². The Hall–Kier alpha value is -0.820. The van der Waals surface area contributed by atoms with Crippen molar-refractivity contribution in [1.29, 1.82) is 0 Å². The number of rotatable bonds is 11. The summed E-state index contributed by atoms with van der Waals surface area (Å²) < 4.78 is 26.8. The molecule has 2 aromatic carbocycles. The van der Waals surface area contributed by atoms with Crippen molar-refractivity contribution in [1.82, 2.24) is 10.3 Å². The van der Waals surface area contributed by atoms with Crippen LogP contribution >= 0.6 is 146 Å². The number of nitrogens with one attached hydrogen (secondary N) is 3. The Labute approximate surface area is 402 Å². The van der Waals surface area contributed by atoms with Gasteiger partial charge in [0.15, 0.2) is 16.9 Å². The maximum Gasteiger partial charge on any atom is 0.271 e. The van der Waals surface area contributed by atoms with Crippen molar-refractivity contribution in [2.75, 3.05) is 16.5 Å². The molecule has 0 aliphatic rings. The number of nitrogens with zero attached hydrogens (tertiary/aromatic N) is 4. The second-order valence-electron chi connectivity index (χ2n) is 8.71. The molecule has 310 valence electrons. The Morgan fingerprint density at radius 2 is 1.40 bits per heavy atom. The summed E-state index contributed by atoms with van der Waals surface area (Å²) in [6.07, 6.45) is -1.30. The van der Waals surface area contributed by atoms with Crippen LogP contribution < -0.4 is 57.9 Å². The van der Waals surface area contributed by atoms with Crippen LogP contribution in [0.2, 0.25) is 0 Å². The number of guanidine groups is 1. The molecule has 1 heterocycles. The van der Waals surface area contributed by atoms with Crippen LogP contribution in [0.25, 0.3) is 0 Å². The van der Waals surface area contributed by atoms with Crippen LogP contribution in [0, 0.1) is 31.9 Å². The predicted molar refractivity (Wildman–Crippen MR) is 256 cm³/mol. The molecule has 19 nitrogen and oxygen atoms in total. The van der Waals surface area contributed by atoms with E-state index >= 15 is 0 Å². The number of aromatic nitrogens is 1. The van der Waals surface area contributed by atoms with Gasteiger partial charge in [0, 0.05) is 66.9 Å². The third kappa shape index (κ3) is 30.0. The van der Waals surface area contributed by atoms with Crippen molar-refractivity contribution >= 4 is 203 Å². The number of nitro groups is 2. The Kier molecular flexibility index (Phi) is 38.9. The van der Waals surface area contributed by atoms with Crippen LogP contribution in [0.5, 0.6) is 0 Å². The Morgan fingerprint density at radius 3 is 1.75 bits per heavy atom. The minimum Gasteiger partial charge on any atom is -0.376 e. The van der Waals surface area contributed by atoms with Gasteiger partial charge in [-0.3, -0.25) is 46.1 Å². The molecule has 3 aromatic rings. The molecule has 0 unspecified atom stereocenters. The molecule has 55 heavy (non-hydrogen) atoms. The molecule has 0 atom stereocenters. The van der Waals surface area contributed by atoms with E-state index in [4.69, 9.17) is 40.3 Å². The third-order valence-corrected chi connectivity index (χ3v) is 5.99. The summed E-state index contributed by atoms with van der Waals surface area (Å²) in [5.41, 5.74) is 24.4. The van der Waals surface area contributed by atoms with Gasteiger partial charge in [-0.15, -0.1) is 59.3 Å². The first kappa shape index (κ1) is 60.9. The van der Waals surface area contributed by atoms with Gasteiger partial charge in [0.05, 0.1) is 45.6 Å². The fourth-order valence-electron chi connectivity index (χ4n) is 2.93. The van der Waals surface area contributed by atoms with E-state index in [1.807, 2.05) is 0 Å². The fraction of sp³-hybridized carbons (Fsp3) is 0.167. The molecule has 31 heteroatoms. The summed E-state index contributed by atoms with van der Waals surface area (Å²) >= 11 is 20.3. The number of ketones is 1. The number of hydrogen-bond acceptors (Lipinski definition) is 13. The van der Waals surface area contributed by atoms with Gasteiger partial charge in [0.1, 0.15) is 17.9 Å². The molecule has 0 bridgehead atoms. The molecular formula is C24H29Cl2F2I6N12O7S2-. The van der Waals surface area contributed by atoms with Gasteiger partial charge in [0.2, 0.25) is 16.9 Å². The van der Waals surface area contributed by atoms with Crippen molar-refractivity contribution in [3.8, 4) is 0 Å². The van der Waals surface area contributed by atoms with E-state index < -0.39 is 51.8 Å². The Balaban J connectivity index is -0.000000362. The first-order valence-corrected chi connectivity index (χ1v) is 33.7. The smallest absolute Gasteiger partial charge is 0.271 e. The minimum absolute atomic E-state index is 0. The van der Waals surface area contributed by atoms with Crippen molar-refractivity contribution in [3.63, 3.8) is 0 Å². The van der Waals surface area contributed by atoms with Gasteiger partial charge in [-0.05, 0) is 24.4 Å². The number of nitro benzene ring substituents is 2. The third-order valence-electron chi connectivity index (χ3n) is 4.79. The Morgan fingerprint density at radius 1 is 0.964 bits per heavy atom. The summed E-state index contributed by atoms with van der Waals surface area (Å²) in [6, 6.07) is 5.56. The number of hydrogen-bond donors (Lipinski definition) is 8. The van der Waals surface area contributed by atoms with Crippen LogP contribution in [-0.4, -0.2) is 55.7 Å². The van der Waals surface area contributed by atoms with Gasteiger partial charge in [-0.25, -0.2) is 13.8 Å². The Bertz CT molecular complexity index is 1740. The molecule has 1 aromatic heterocycles. The van der Waals surface area contributed by atoms with Gasteiger partial charge < -0.3 is 33.2 Å². The molecule has 0 spiro atoms. The number of carbonyl (C=O) groups excluding carboxylic acids is 3. The number of thiocarbonyl (C=S) groups is 1. The maximum absolute atomic E-state index is 13.6. The van der Waals surface area contributed by atoms with E-state index in [2.05, 4.69) is 113 Å². The number of thiazole rings is 1. The normalized spacial score (nSPS) is 9.13. The maximum atomic E-state index is 13.6. The van der Waals surface area contributed by atoms with Gasteiger partial charge in [0.25, 0.3) is 11.4 Å². The van der Waals surface area contributed by atoms with E-state index in [1.165, 1.54) is 0 Å². The van der Waals surface area contributed by atoms with Crippen LogP contribution in [0.4, 0.5) is 36.7 Å². The standard InChI is InChI=1S/C12H11FN6O3S.C10H8ClFN2O4.C2H8N4S.ClH.I3.I2.HI/c13-8-2-1-7(19(21)22)4-9(8)17-10(20)3-6-5-23-12(16-6)18-11(14)15;11-5-7(15)4-10(16)13-9-3-6(14(17)18)1-2-8(9)12;3-1(4)6-2(5)7;;1-3-2;1-2;/h1-2,4-5H,3H2,(H,17,20)(H4,14,15,16,18);1-3H,4-5H2,(H,13,16);1H,3-4H2,(H3,5,6,7);1H;;;1H/q;;;;-1;;. The molecule has 0 aliphatic heterocycles. The fourth-order valence-corrected chi connectivity index (χ4v) is 3.86. The molecule has 0 aliphatic carbocycles. The van der Waals surface area contributed by atoms with E-state index in [1.54, 1.807) is 5.38 Å². The van der Waals surface area contributed by atoms with Crippen LogP contribution in [0.1, 0.15) is 12.1 Å². The second kappa shape index (κ2) is 35.2. The monoisotopic (exact) mass is 1530 g/mol. The molecule has 3 rings (SSSR count). The summed E-state index contributed by atoms with van der Waals surface area (Å²) in [4.78, 5) is 61.5. The van der Waals surface area contributed by atoms with Crippen molar-refractivity contribution in [2.24, 2.45) is 33.7 Å². The van der Waals surface area contributed by atoms with E-state index in [-0.39, 0.29) is 87.6 Å². The molecule has 0 radical (unpaired) electrons. The summed E-state index contributed by atoms with van der Waals surface area (Å²) in [5, 5.41) is 29.8. The number of alkyl halides is 1. The zero-order valence-electron chi connectivity index (χ0n) is 26.9. The quantitative estimate of drug-likeness (QED) is 0.0158. The van der Waals surface area contributed by atoms with Gasteiger partial charge in [-0.1, -0.05) is 0 Å². The summed E-state index contributed by atoms with van der Waals surface area (Å²) in [5.74, 6) is -3.97. The molecule has 0 saturated heterocycles. The summed E-state index contributed by atoms with van der Waals surface area (Å²) in [7, 11) is 0. The molecular weight excluding hydrogens is 1500 g/mol. The average Bonchev–Trinajstić information content (AvgIpc) is 3.49. The largest absolute Gasteiger partial charge is 0.376 e. The SMILES string of the molecule is Cl.I.II.I[I-]I.NC(=S)NC(N)N.NC(N)=Nc1nc(CC(=O)Nc2cc([N+](=O)[O-])ccc2F)cs1.O=C(CCl)CC(=O)Nc1cc([N+](=O)[O-])ccc1F. The number of nitrogens with two attached hydrogens (primary N) is 5. The molecule has 2 amide bonds. The zero-order chi connectivity index (χ0) is 41.3. The van der Waals surface area contributed by atoms with Gasteiger partial charge in [-0.2, -0.15) is 4.99 Å². The van der Waals surface area contributed by atoms with Crippen molar-refractivity contribution in [2.45, 2.75) is 19.1 Å². The van der Waals surface area contributed by atoms with Crippen molar-refractivity contribution in [3.05, 3.63) is 79.3 Å². The second-order valence-corrected chi connectivity index (χ2v) is 26.5. The zero-order valence-corrected chi connectivity index (χ0v) is 43.3. The molecule has 0 saturated carbocycles. The molecule has 13 N–H and O–H groups in total. The van der Waals surface area contributed by atoms with Gasteiger partial charge >= 0.3 is 50.5 Å².